The van der Waals surface area contributed by atoms with Crippen molar-refractivity contribution >= 4 is 17.3 Å². The lowest BCUT2D eigenvalue weighted by atomic mass is 9.97. The molecule has 6 heteroatoms. The number of non-ortho nitro benzene ring substituents is 1. The largest absolute Gasteiger partial charge is 0.494 e. The van der Waals surface area contributed by atoms with Gasteiger partial charge < -0.3 is 10.1 Å². The van der Waals surface area contributed by atoms with E-state index in [1.165, 1.54) is 25.3 Å². The van der Waals surface area contributed by atoms with Gasteiger partial charge in [0.15, 0.2) is 0 Å². The summed E-state index contributed by atoms with van der Waals surface area (Å²) in [5.41, 5.74) is 1.42. The Balaban J connectivity index is 2.07. The molecule has 1 unspecified atom stereocenters. The van der Waals surface area contributed by atoms with Crippen LogP contribution in [0.15, 0.2) is 48.5 Å². The summed E-state index contributed by atoms with van der Waals surface area (Å²) in [7, 11) is 1.40. The van der Waals surface area contributed by atoms with Crippen LogP contribution < -0.4 is 10.1 Å². The average Bonchev–Trinajstić information content (AvgIpc) is 2.55. The van der Waals surface area contributed by atoms with Crippen molar-refractivity contribution in [2.75, 3.05) is 12.4 Å². The minimum absolute atomic E-state index is 0.0697. The molecule has 0 aliphatic heterocycles. The molecule has 1 amide bonds. The molecule has 0 aliphatic carbocycles. The molecule has 0 aromatic heterocycles. The highest BCUT2D eigenvalue weighted by atomic mass is 16.6. The summed E-state index contributed by atoms with van der Waals surface area (Å²) in [5, 5.41) is 13.5. The quantitative estimate of drug-likeness (QED) is 0.650. The molecule has 1 N–H and O–H groups in total. The first-order valence-corrected chi connectivity index (χ1v) is 7.18. The molecule has 0 aliphatic rings. The molecule has 6 nitrogen and oxygen atoms in total. The fraction of sp³-hybridized carbons (Fsp3) is 0.235. The second-order valence-corrected chi connectivity index (χ2v) is 5.21. The maximum absolute atomic E-state index is 12.2. The van der Waals surface area contributed by atoms with Crippen LogP contribution in [0.25, 0.3) is 0 Å². The third kappa shape index (κ3) is 4.29. The van der Waals surface area contributed by atoms with E-state index in [4.69, 9.17) is 4.74 Å². The van der Waals surface area contributed by atoms with Gasteiger partial charge >= 0.3 is 0 Å². The molecule has 0 radical (unpaired) electrons. The number of nitro groups is 1. The summed E-state index contributed by atoms with van der Waals surface area (Å²) in [5.74, 6) is 0.161. The summed E-state index contributed by atoms with van der Waals surface area (Å²) < 4.78 is 5.11. The minimum atomic E-state index is -0.508. The number of benzene rings is 2. The predicted molar refractivity (Wildman–Crippen MR) is 87.8 cm³/mol. The van der Waals surface area contributed by atoms with Crippen LogP contribution in [0.2, 0.25) is 0 Å². The topological polar surface area (TPSA) is 81.5 Å². The molecule has 0 fully saturated rings. The summed E-state index contributed by atoms with van der Waals surface area (Å²) in [6.07, 6.45) is 0.310. The number of carbonyl (C=O) groups excluding carboxylic acids is 1. The van der Waals surface area contributed by atoms with Gasteiger partial charge in [-0.05, 0) is 17.5 Å². The van der Waals surface area contributed by atoms with Crippen LogP contribution in [-0.2, 0) is 4.79 Å². The van der Waals surface area contributed by atoms with Crippen LogP contribution in [-0.4, -0.2) is 17.9 Å². The second kappa shape index (κ2) is 7.40. The molecule has 1 atom stereocenters. The monoisotopic (exact) mass is 314 g/mol. The number of rotatable bonds is 6. The Morgan fingerprint density at radius 3 is 2.57 bits per heavy atom. The van der Waals surface area contributed by atoms with E-state index >= 15 is 0 Å². The van der Waals surface area contributed by atoms with Gasteiger partial charge in [0.1, 0.15) is 5.75 Å². The molecule has 2 rings (SSSR count). The van der Waals surface area contributed by atoms with Gasteiger partial charge in [-0.15, -0.1) is 0 Å². The number of amides is 1. The zero-order valence-corrected chi connectivity index (χ0v) is 13.0. The number of nitrogens with zero attached hydrogens (tertiary/aromatic N) is 1. The number of nitrogens with one attached hydrogen (secondary N) is 1. The predicted octanol–water partition coefficient (Wildman–Crippen LogP) is 3.74. The molecule has 0 saturated carbocycles. The first-order valence-electron chi connectivity index (χ1n) is 7.18. The van der Waals surface area contributed by atoms with E-state index in [-0.39, 0.29) is 23.3 Å². The van der Waals surface area contributed by atoms with Crippen LogP contribution in [0.3, 0.4) is 0 Å². The van der Waals surface area contributed by atoms with Crippen LogP contribution in [0.1, 0.15) is 24.8 Å². The fourth-order valence-corrected chi connectivity index (χ4v) is 2.28. The second-order valence-electron chi connectivity index (χ2n) is 5.21. The number of anilines is 1. The summed E-state index contributed by atoms with van der Waals surface area (Å²) in [4.78, 5) is 22.4. The highest BCUT2D eigenvalue weighted by molar-refractivity contribution is 5.93. The van der Waals surface area contributed by atoms with Crippen LogP contribution in [0.5, 0.6) is 5.75 Å². The van der Waals surface area contributed by atoms with Crippen LogP contribution in [0, 0.1) is 10.1 Å². The molecule has 0 spiro atoms. The standard InChI is InChI=1S/C17H18N2O4/c1-12(13-6-4-3-5-7-13)10-17(20)18-15-9-8-14(19(21)22)11-16(15)23-2/h3-9,11-12H,10H2,1-2H3,(H,18,20). The van der Waals surface area contributed by atoms with Gasteiger partial charge in [-0.1, -0.05) is 37.3 Å². The molecule has 2 aromatic rings. The lowest BCUT2D eigenvalue weighted by Gasteiger charge is -2.13. The van der Waals surface area contributed by atoms with Gasteiger partial charge in [0.25, 0.3) is 5.69 Å². The first-order chi connectivity index (χ1) is 11.0. The maximum atomic E-state index is 12.2. The number of carbonyl (C=O) groups is 1. The Kier molecular flexibility index (Phi) is 5.30. The third-order valence-electron chi connectivity index (χ3n) is 3.53. The highest BCUT2D eigenvalue weighted by Gasteiger charge is 2.15. The van der Waals surface area contributed by atoms with Crippen molar-refractivity contribution in [3.8, 4) is 5.75 Å². The van der Waals surface area contributed by atoms with Crippen molar-refractivity contribution in [3.63, 3.8) is 0 Å². The number of nitro benzene ring substituents is 1. The van der Waals surface area contributed by atoms with E-state index in [0.29, 0.717) is 12.1 Å². The Bertz CT molecular complexity index is 701. The Morgan fingerprint density at radius 2 is 1.96 bits per heavy atom. The first kappa shape index (κ1) is 16.5. The van der Waals surface area contributed by atoms with Crippen LogP contribution >= 0.6 is 0 Å². The third-order valence-corrected chi connectivity index (χ3v) is 3.53. The van der Waals surface area contributed by atoms with E-state index in [2.05, 4.69) is 5.32 Å². The molecular weight excluding hydrogens is 296 g/mol. The van der Waals surface area contributed by atoms with Gasteiger partial charge in [0.2, 0.25) is 5.91 Å². The van der Waals surface area contributed by atoms with Crippen molar-refractivity contribution in [2.45, 2.75) is 19.3 Å². The molecule has 120 valence electrons. The molecular formula is C17H18N2O4. The molecule has 0 saturated heterocycles. The number of ether oxygens (including phenoxy) is 1. The number of hydrogen-bond donors (Lipinski definition) is 1. The summed E-state index contributed by atoms with van der Waals surface area (Å²) >= 11 is 0. The van der Waals surface area contributed by atoms with Crippen molar-refractivity contribution in [1.29, 1.82) is 0 Å². The van der Waals surface area contributed by atoms with E-state index in [9.17, 15) is 14.9 Å². The van der Waals surface area contributed by atoms with E-state index < -0.39 is 4.92 Å². The van der Waals surface area contributed by atoms with Crippen LogP contribution in [0.4, 0.5) is 11.4 Å². The number of hydrogen-bond acceptors (Lipinski definition) is 4. The smallest absolute Gasteiger partial charge is 0.273 e. The fourth-order valence-electron chi connectivity index (χ4n) is 2.28. The van der Waals surface area contributed by atoms with Gasteiger partial charge in [0.05, 0.1) is 23.8 Å². The van der Waals surface area contributed by atoms with E-state index in [1.807, 2.05) is 37.3 Å². The molecule has 0 heterocycles. The molecule has 2 aromatic carbocycles. The maximum Gasteiger partial charge on any atom is 0.273 e. The average molecular weight is 314 g/mol. The minimum Gasteiger partial charge on any atom is -0.494 e. The Hall–Kier alpha value is -2.89. The van der Waals surface area contributed by atoms with Crippen molar-refractivity contribution in [3.05, 3.63) is 64.2 Å². The lowest BCUT2D eigenvalue weighted by Crippen LogP contribution is -2.15. The van der Waals surface area contributed by atoms with Crippen molar-refractivity contribution in [2.24, 2.45) is 0 Å². The van der Waals surface area contributed by atoms with Crippen molar-refractivity contribution in [1.82, 2.24) is 0 Å². The van der Waals surface area contributed by atoms with Crippen molar-refractivity contribution < 1.29 is 14.5 Å². The zero-order valence-electron chi connectivity index (χ0n) is 13.0. The number of methoxy groups -OCH3 is 1. The van der Waals surface area contributed by atoms with Gasteiger partial charge in [-0.3, -0.25) is 14.9 Å². The molecule has 23 heavy (non-hydrogen) atoms. The summed E-state index contributed by atoms with van der Waals surface area (Å²) in [6.45, 7) is 1.97. The Morgan fingerprint density at radius 1 is 1.26 bits per heavy atom. The van der Waals surface area contributed by atoms with Gasteiger partial charge in [-0.2, -0.15) is 0 Å². The highest BCUT2D eigenvalue weighted by Crippen LogP contribution is 2.29. The lowest BCUT2D eigenvalue weighted by molar-refractivity contribution is -0.384. The Labute approximate surface area is 134 Å². The SMILES string of the molecule is COc1cc([N+](=O)[O-])ccc1NC(=O)CC(C)c1ccccc1. The normalized spacial score (nSPS) is 11.6. The molecule has 0 bridgehead atoms. The van der Waals surface area contributed by atoms with E-state index in [0.717, 1.165) is 5.56 Å². The van der Waals surface area contributed by atoms with Gasteiger partial charge in [0, 0.05) is 12.5 Å². The summed E-state index contributed by atoms with van der Waals surface area (Å²) in [6, 6.07) is 13.8. The van der Waals surface area contributed by atoms with Gasteiger partial charge in [-0.25, -0.2) is 0 Å². The van der Waals surface area contributed by atoms with E-state index in [1.54, 1.807) is 0 Å². The zero-order chi connectivity index (χ0) is 16.8.